The lowest BCUT2D eigenvalue weighted by atomic mass is 9.98. The Labute approximate surface area is 106 Å². The van der Waals surface area contributed by atoms with E-state index >= 15 is 0 Å². The number of benzene rings is 1. The molecule has 0 spiro atoms. The number of carbonyl (C=O) groups is 1. The highest BCUT2D eigenvalue weighted by atomic mass is 32.2. The third-order valence-electron chi connectivity index (χ3n) is 2.92. The minimum atomic E-state index is 0.0923. The van der Waals surface area contributed by atoms with Crippen LogP contribution in [0.4, 0.5) is 5.69 Å². The fourth-order valence-corrected chi connectivity index (χ4v) is 2.83. The van der Waals surface area contributed by atoms with Crippen LogP contribution in [-0.4, -0.2) is 18.2 Å². The molecule has 1 amide bonds. The molecule has 3 N–H and O–H groups in total. The largest absolute Gasteiger partial charge is 0.330 e. The van der Waals surface area contributed by atoms with E-state index in [4.69, 9.17) is 5.73 Å². The second kappa shape index (κ2) is 5.56. The number of nitrogens with one attached hydrogen (secondary N) is 1. The minimum Gasteiger partial charge on any atom is -0.330 e. The van der Waals surface area contributed by atoms with Gasteiger partial charge in [-0.1, -0.05) is 13.0 Å². The van der Waals surface area contributed by atoms with E-state index in [-0.39, 0.29) is 5.91 Å². The second-order valence-electron chi connectivity index (χ2n) is 4.55. The molecule has 0 saturated carbocycles. The number of fused-ring (bicyclic) bond motifs is 1. The van der Waals surface area contributed by atoms with Gasteiger partial charge in [0.2, 0.25) is 5.91 Å². The van der Waals surface area contributed by atoms with Crippen LogP contribution in [0.3, 0.4) is 0 Å². The van der Waals surface area contributed by atoms with Gasteiger partial charge < -0.3 is 11.1 Å². The first-order chi connectivity index (χ1) is 8.19. The van der Waals surface area contributed by atoms with Crippen LogP contribution in [-0.2, 0) is 11.2 Å². The van der Waals surface area contributed by atoms with Crippen LogP contribution in [0.15, 0.2) is 23.1 Å². The Hall–Kier alpha value is -1.000. The Morgan fingerprint density at radius 3 is 3.12 bits per heavy atom. The van der Waals surface area contributed by atoms with Crippen molar-refractivity contribution >= 4 is 23.4 Å². The lowest BCUT2D eigenvalue weighted by Gasteiger charge is -2.18. The van der Waals surface area contributed by atoms with E-state index < -0.39 is 0 Å². The third-order valence-corrected chi connectivity index (χ3v) is 3.99. The molecule has 1 unspecified atom stereocenters. The first-order valence-corrected chi connectivity index (χ1v) is 6.93. The van der Waals surface area contributed by atoms with Crippen LogP contribution in [0.5, 0.6) is 0 Å². The molecule has 1 heterocycles. The summed E-state index contributed by atoms with van der Waals surface area (Å²) >= 11 is 1.60. The maximum Gasteiger partial charge on any atom is 0.234 e. The number of thioether (sulfide) groups is 1. The normalized spacial score (nSPS) is 16.2. The lowest BCUT2D eigenvalue weighted by Crippen LogP contribution is -2.18. The first kappa shape index (κ1) is 12.5. The Kier molecular flexibility index (Phi) is 4.07. The summed E-state index contributed by atoms with van der Waals surface area (Å²) in [5.41, 5.74) is 7.78. The van der Waals surface area contributed by atoms with E-state index in [0.717, 1.165) is 25.1 Å². The first-order valence-electron chi connectivity index (χ1n) is 5.94. The summed E-state index contributed by atoms with van der Waals surface area (Å²) in [6, 6.07) is 6.34. The van der Waals surface area contributed by atoms with Gasteiger partial charge in [0.15, 0.2) is 0 Å². The van der Waals surface area contributed by atoms with Crippen molar-refractivity contribution in [1.29, 1.82) is 0 Å². The molecule has 1 aromatic rings. The Morgan fingerprint density at radius 1 is 1.53 bits per heavy atom. The molecular weight excluding hydrogens is 232 g/mol. The van der Waals surface area contributed by atoms with Gasteiger partial charge in [-0.2, -0.15) is 0 Å². The zero-order valence-corrected chi connectivity index (χ0v) is 10.8. The van der Waals surface area contributed by atoms with Gasteiger partial charge in [-0.15, -0.1) is 11.8 Å². The van der Waals surface area contributed by atoms with E-state index in [1.54, 1.807) is 11.8 Å². The monoisotopic (exact) mass is 250 g/mol. The van der Waals surface area contributed by atoms with E-state index in [2.05, 4.69) is 30.4 Å². The van der Waals surface area contributed by atoms with Crippen LogP contribution >= 0.6 is 11.8 Å². The molecule has 0 bridgehead atoms. The van der Waals surface area contributed by atoms with E-state index in [1.165, 1.54) is 10.5 Å². The molecule has 0 radical (unpaired) electrons. The molecule has 1 atom stereocenters. The molecule has 17 heavy (non-hydrogen) atoms. The standard InChI is InChI=1S/C13H18N2OS/c1-9(4-5-14)6-10-2-3-12-11(7-10)15-13(16)8-17-12/h2-3,7,9H,4-6,8,14H2,1H3,(H,15,16). The van der Waals surface area contributed by atoms with E-state index in [1.807, 2.05) is 0 Å². The smallest absolute Gasteiger partial charge is 0.234 e. The summed E-state index contributed by atoms with van der Waals surface area (Å²) in [5, 5.41) is 2.92. The van der Waals surface area contributed by atoms with Crippen LogP contribution < -0.4 is 11.1 Å². The van der Waals surface area contributed by atoms with E-state index in [9.17, 15) is 4.79 Å². The number of rotatable bonds is 4. The van der Waals surface area contributed by atoms with Crippen molar-refractivity contribution in [2.45, 2.75) is 24.7 Å². The number of hydrogen-bond donors (Lipinski definition) is 2. The van der Waals surface area contributed by atoms with Crippen molar-refractivity contribution in [1.82, 2.24) is 0 Å². The summed E-state index contributed by atoms with van der Waals surface area (Å²) in [6.07, 6.45) is 2.06. The summed E-state index contributed by atoms with van der Waals surface area (Å²) < 4.78 is 0. The second-order valence-corrected chi connectivity index (χ2v) is 5.57. The topological polar surface area (TPSA) is 55.1 Å². The maximum absolute atomic E-state index is 11.3. The Morgan fingerprint density at radius 2 is 2.35 bits per heavy atom. The highest BCUT2D eigenvalue weighted by Crippen LogP contribution is 2.32. The molecule has 1 aromatic carbocycles. The summed E-state index contributed by atoms with van der Waals surface area (Å²) in [5.74, 6) is 1.20. The molecule has 0 fully saturated rings. The SMILES string of the molecule is CC(CCN)Cc1ccc2c(c1)NC(=O)CS2. The molecule has 2 rings (SSSR count). The molecular formula is C13H18N2OS. The minimum absolute atomic E-state index is 0.0923. The van der Waals surface area contributed by atoms with Crippen molar-refractivity contribution in [3.05, 3.63) is 23.8 Å². The zero-order valence-electron chi connectivity index (χ0n) is 10.0. The maximum atomic E-state index is 11.3. The molecule has 1 aliphatic rings. The number of nitrogens with two attached hydrogens (primary N) is 1. The number of carbonyl (C=O) groups excluding carboxylic acids is 1. The third kappa shape index (κ3) is 3.23. The van der Waals surface area contributed by atoms with Crippen LogP contribution in [0, 0.1) is 5.92 Å². The van der Waals surface area contributed by atoms with Crippen LogP contribution in [0.1, 0.15) is 18.9 Å². The molecule has 3 nitrogen and oxygen atoms in total. The van der Waals surface area contributed by atoms with Gasteiger partial charge in [0, 0.05) is 4.90 Å². The Balaban J connectivity index is 2.10. The zero-order chi connectivity index (χ0) is 12.3. The highest BCUT2D eigenvalue weighted by Gasteiger charge is 2.15. The lowest BCUT2D eigenvalue weighted by molar-refractivity contribution is -0.113. The van der Waals surface area contributed by atoms with Gasteiger partial charge in [-0.05, 0) is 43.0 Å². The highest BCUT2D eigenvalue weighted by molar-refractivity contribution is 8.00. The molecule has 0 aliphatic carbocycles. The Bertz CT molecular complexity index is 420. The van der Waals surface area contributed by atoms with Crippen LogP contribution in [0.2, 0.25) is 0 Å². The van der Waals surface area contributed by atoms with Crippen molar-refractivity contribution in [3.63, 3.8) is 0 Å². The van der Waals surface area contributed by atoms with Crippen LogP contribution in [0.25, 0.3) is 0 Å². The van der Waals surface area contributed by atoms with E-state index in [0.29, 0.717) is 11.7 Å². The number of anilines is 1. The quantitative estimate of drug-likeness (QED) is 0.862. The number of amides is 1. The summed E-state index contributed by atoms with van der Waals surface area (Å²) in [6.45, 7) is 2.94. The van der Waals surface area contributed by atoms with Gasteiger partial charge in [0.1, 0.15) is 0 Å². The van der Waals surface area contributed by atoms with Gasteiger partial charge >= 0.3 is 0 Å². The van der Waals surface area contributed by atoms with Gasteiger partial charge in [-0.3, -0.25) is 4.79 Å². The van der Waals surface area contributed by atoms with Gasteiger partial charge in [0.05, 0.1) is 11.4 Å². The molecule has 0 saturated heterocycles. The van der Waals surface area contributed by atoms with Crippen molar-refractivity contribution in [3.8, 4) is 0 Å². The van der Waals surface area contributed by atoms with Crippen molar-refractivity contribution in [2.24, 2.45) is 11.7 Å². The average Bonchev–Trinajstić information content (AvgIpc) is 2.28. The fraction of sp³-hybridized carbons (Fsp3) is 0.462. The predicted octanol–water partition coefficient (Wildman–Crippen LogP) is 2.26. The van der Waals surface area contributed by atoms with Crippen molar-refractivity contribution in [2.75, 3.05) is 17.6 Å². The molecule has 92 valence electrons. The molecule has 1 aliphatic heterocycles. The van der Waals surface area contributed by atoms with Crippen molar-refractivity contribution < 1.29 is 4.79 Å². The van der Waals surface area contributed by atoms with Gasteiger partial charge in [0.25, 0.3) is 0 Å². The van der Waals surface area contributed by atoms with Gasteiger partial charge in [-0.25, -0.2) is 0 Å². The fourth-order valence-electron chi connectivity index (χ4n) is 2.05. The number of hydrogen-bond acceptors (Lipinski definition) is 3. The molecule has 0 aromatic heterocycles. The summed E-state index contributed by atoms with van der Waals surface area (Å²) in [4.78, 5) is 12.5. The predicted molar refractivity (Wildman–Crippen MR) is 72.3 cm³/mol. The summed E-state index contributed by atoms with van der Waals surface area (Å²) in [7, 11) is 0. The average molecular weight is 250 g/mol. The molecule has 4 heteroatoms.